The number of aliphatic hydroxyl groups is 1. The summed E-state index contributed by atoms with van der Waals surface area (Å²) >= 11 is 5.67. The highest BCUT2D eigenvalue weighted by Gasteiger charge is 2.35. The van der Waals surface area contributed by atoms with Gasteiger partial charge in [-0.25, -0.2) is 18.0 Å². The average molecular weight is 442 g/mol. The van der Waals surface area contributed by atoms with E-state index in [9.17, 15) is 23.1 Å². The summed E-state index contributed by atoms with van der Waals surface area (Å²) in [5.41, 5.74) is -0.896. The minimum atomic E-state index is -1.22. The number of hydrogen-bond acceptors (Lipinski definition) is 4. The topological polar surface area (TPSA) is 73.8 Å². The third-order valence-corrected chi connectivity index (χ3v) is 5.59. The molecule has 2 amide bonds. The van der Waals surface area contributed by atoms with E-state index in [-0.39, 0.29) is 55.5 Å². The molecule has 2 aromatic carbocycles. The van der Waals surface area contributed by atoms with Crippen LogP contribution in [-0.4, -0.2) is 36.4 Å². The van der Waals surface area contributed by atoms with E-state index in [2.05, 4.69) is 10.6 Å². The van der Waals surface area contributed by atoms with Gasteiger partial charge in [0, 0.05) is 23.7 Å². The zero-order valence-corrected chi connectivity index (χ0v) is 16.5. The maximum Gasteiger partial charge on any atom is 0.319 e. The van der Waals surface area contributed by atoms with Crippen LogP contribution in [0.5, 0.6) is 5.75 Å². The molecular formula is C20H19ClF3N3O3. The van der Waals surface area contributed by atoms with Gasteiger partial charge in [0.1, 0.15) is 29.5 Å². The highest BCUT2D eigenvalue weighted by Crippen LogP contribution is 2.34. The number of halogens is 4. The molecule has 6 nitrogen and oxygen atoms in total. The van der Waals surface area contributed by atoms with Crippen LogP contribution in [0.3, 0.4) is 0 Å². The van der Waals surface area contributed by atoms with E-state index >= 15 is 0 Å². The van der Waals surface area contributed by atoms with E-state index in [1.54, 1.807) is 0 Å². The fraction of sp³-hybridized carbons (Fsp3) is 0.350. The Hall–Kier alpha value is -2.65. The molecule has 0 aromatic heterocycles. The van der Waals surface area contributed by atoms with Crippen LogP contribution >= 0.6 is 11.6 Å². The molecule has 10 heteroatoms. The van der Waals surface area contributed by atoms with Crippen molar-refractivity contribution in [1.29, 1.82) is 0 Å². The Kier molecular flexibility index (Phi) is 5.42. The molecular weight excluding hydrogens is 423 g/mol. The predicted molar refractivity (Wildman–Crippen MR) is 106 cm³/mol. The van der Waals surface area contributed by atoms with Crippen molar-refractivity contribution in [2.75, 3.05) is 29.9 Å². The van der Waals surface area contributed by atoms with Gasteiger partial charge in [0.15, 0.2) is 11.6 Å². The van der Waals surface area contributed by atoms with Gasteiger partial charge in [-0.3, -0.25) is 0 Å². The fourth-order valence-corrected chi connectivity index (χ4v) is 3.90. The van der Waals surface area contributed by atoms with Gasteiger partial charge in [-0.15, -0.1) is 0 Å². The summed E-state index contributed by atoms with van der Waals surface area (Å²) in [7, 11) is 0. The van der Waals surface area contributed by atoms with Gasteiger partial charge in [-0.1, -0.05) is 11.6 Å². The minimum absolute atomic E-state index is 0.0241. The standard InChI is InChI=1S/C20H19ClF3N3O3/c21-11-7-14(23)18(15(24)8-11)27-5-3-20(29,4-6-27)10-30-16-2-1-13(22)17-12(16)9-25-19(28)26-17/h1-2,7-8,29H,3-6,9-10H2,(H2,25,26,28). The maximum absolute atomic E-state index is 14.2. The second kappa shape index (κ2) is 7.88. The Labute approximate surface area is 175 Å². The maximum atomic E-state index is 14.2. The summed E-state index contributed by atoms with van der Waals surface area (Å²) in [5.74, 6) is -1.75. The quantitative estimate of drug-likeness (QED) is 0.674. The molecule has 0 saturated carbocycles. The first-order valence-corrected chi connectivity index (χ1v) is 9.74. The molecule has 2 aliphatic rings. The molecule has 0 radical (unpaired) electrons. The van der Waals surface area contributed by atoms with Crippen LogP contribution in [0.15, 0.2) is 24.3 Å². The largest absolute Gasteiger partial charge is 0.490 e. The number of urea groups is 1. The fourth-order valence-electron chi connectivity index (χ4n) is 3.71. The first-order valence-electron chi connectivity index (χ1n) is 9.37. The molecule has 2 heterocycles. The van der Waals surface area contributed by atoms with Gasteiger partial charge < -0.3 is 25.4 Å². The number of ether oxygens (including phenoxy) is 1. The van der Waals surface area contributed by atoms with E-state index in [0.29, 0.717) is 11.3 Å². The van der Waals surface area contributed by atoms with E-state index < -0.39 is 29.1 Å². The van der Waals surface area contributed by atoms with Gasteiger partial charge in [0.05, 0.1) is 12.2 Å². The van der Waals surface area contributed by atoms with Gasteiger partial charge in [0.25, 0.3) is 0 Å². The SMILES string of the molecule is O=C1NCc2c(OCC3(O)CCN(c4c(F)cc(Cl)cc4F)CC3)ccc(F)c2N1. The van der Waals surface area contributed by atoms with Crippen LogP contribution < -0.4 is 20.3 Å². The van der Waals surface area contributed by atoms with E-state index in [0.717, 1.165) is 12.1 Å². The average Bonchev–Trinajstić information content (AvgIpc) is 2.69. The Morgan fingerprint density at radius 1 is 1.13 bits per heavy atom. The minimum Gasteiger partial charge on any atom is -0.490 e. The zero-order valence-electron chi connectivity index (χ0n) is 15.8. The number of nitrogens with zero attached hydrogens (tertiary/aromatic N) is 1. The van der Waals surface area contributed by atoms with E-state index in [1.807, 2.05) is 0 Å². The summed E-state index contributed by atoms with van der Waals surface area (Å²) in [6.45, 7) is 0.441. The molecule has 0 aliphatic carbocycles. The number of hydrogen-bond donors (Lipinski definition) is 3. The predicted octanol–water partition coefficient (Wildman–Crippen LogP) is 3.80. The highest BCUT2D eigenvalue weighted by molar-refractivity contribution is 6.30. The van der Waals surface area contributed by atoms with Crippen LogP contribution in [0.4, 0.5) is 29.3 Å². The second-order valence-corrected chi connectivity index (χ2v) is 7.86. The van der Waals surface area contributed by atoms with E-state index in [4.69, 9.17) is 16.3 Å². The third-order valence-electron chi connectivity index (χ3n) is 5.37. The summed E-state index contributed by atoms with van der Waals surface area (Å²) < 4.78 is 48.0. The molecule has 4 rings (SSSR count). The van der Waals surface area contributed by atoms with Crippen LogP contribution in [-0.2, 0) is 6.54 Å². The van der Waals surface area contributed by atoms with Crippen LogP contribution in [0.1, 0.15) is 18.4 Å². The molecule has 1 saturated heterocycles. The number of rotatable bonds is 4. The molecule has 0 spiro atoms. The summed E-state index contributed by atoms with van der Waals surface area (Å²) in [6, 6.07) is 4.21. The van der Waals surface area contributed by atoms with Crippen molar-refractivity contribution in [1.82, 2.24) is 5.32 Å². The van der Waals surface area contributed by atoms with Crippen molar-refractivity contribution in [3.63, 3.8) is 0 Å². The first kappa shape index (κ1) is 20.6. The molecule has 0 atom stereocenters. The number of carbonyl (C=O) groups excluding carboxylic acids is 1. The Bertz CT molecular complexity index is 974. The molecule has 160 valence electrons. The number of fused-ring (bicyclic) bond motifs is 1. The lowest BCUT2D eigenvalue weighted by Crippen LogP contribution is -2.48. The number of carbonyl (C=O) groups is 1. The zero-order chi connectivity index (χ0) is 21.5. The molecule has 3 N–H and O–H groups in total. The van der Waals surface area contributed by atoms with Crippen molar-refractivity contribution in [3.05, 3.63) is 52.3 Å². The number of piperidine rings is 1. The Morgan fingerprint density at radius 3 is 2.47 bits per heavy atom. The normalized spacial score (nSPS) is 17.8. The molecule has 30 heavy (non-hydrogen) atoms. The van der Waals surface area contributed by atoms with Crippen molar-refractivity contribution in [2.45, 2.75) is 25.0 Å². The first-order chi connectivity index (χ1) is 14.3. The summed E-state index contributed by atoms with van der Waals surface area (Å²) in [5, 5.41) is 15.8. The lowest BCUT2D eigenvalue weighted by atomic mass is 9.92. The summed E-state index contributed by atoms with van der Waals surface area (Å²) in [6.07, 6.45) is 0.430. The van der Waals surface area contributed by atoms with Crippen LogP contribution in [0.25, 0.3) is 0 Å². The molecule has 0 unspecified atom stereocenters. The van der Waals surface area contributed by atoms with Crippen LogP contribution in [0.2, 0.25) is 5.02 Å². The number of nitrogens with one attached hydrogen (secondary N) is 2. The molecule has 2 aromatic rings. The van der Waals surface area contributed by atoms with Gasteiger partial charge >= 0.3 is 6.03 Å². The van der Waals surface area contributed by atoms with E-state index in [1.165, 1.54) is 17.0 Å². The number of benzene rings is 2. The number of amides is 2. The lowest BCUT2D eigenvalue weighted by molar-refractivity contribution is -0.0245. The van der Waals surface area contributed by atoms with Gasteiger partial charge in [-0.2, -0.15) is 0 Å². The summed E-state index contributed by atoms with van der Waals surface area (Å²) in [4.78, 5) is 12.9. The van der Waals surface area contributed by atoms with Crippen molar-refractivity contribution >= 4 is 29.0 Å². The Morgan fingerprint density at radius 2 is 1.80 bits per heavy atom. The third kappa shape index (κ3) is 3.99. The number of anilines is 2. The monoisotopic (exact) mass is 441 g/mol. The smallest absolute Gasteiger partial charge is 0.319 e. The molecule has 1 fully saturated rings. The molecule has 0 bridgehead atoms. The van der Waals surface area contributed by atoms with Crippen molar-refractivity contribution < 1.29 is 27.8 Å². The lowest BCUT2D eigenvalue weighted by Gasteiger charge is -2.39. The van der Waals surface area contributed by atoms with Crippen LogP contribution in [0, 0.1) is 17.5 Å². The molecule has 2 aliphatic heterocycles. The second-order valence-electron chi connectivity index (χ2n) is 7.42. The highest BCUT2D eigenvalue weighted by atomic mass is 35.5. The van der Waals surface area contributed by atoms with Crippen molar-refractivity contribution in [2.24, 2.45) is 0 Å². The Balaban J connectivity index is 1.43. The van der Waals surface area contributed by atoms with Crippen molar-refractivity contribution in [3.8, 4) is 5.75 Å². The van der Waals surface area contributed by atoms with Gasteiger partial charge in [0.2, 0.25) is 0 Å². The van der Waals surface area contributed by atoms with Gasteiger partial charge in [-0.05, 0) is 37.1 Å².